The summed E-state index contributed by atoms with van der Waals surface area (Å²) in [4.78, 5) is 11.1. The number of carbonyl (C=O) groups is 1. The van der Waals surface area contributed by atoms with Crippen molar-refractivity contribution in [2.24, 2.45) is 0 Å². The first-order chi connectivity index (χ1) is 6.92. The van der Waals surface area contributed by atoms with Crippen LogP contribution in [0.2, 0.25) is 0 Å². The largest absolute Gasteiger partial charge is 0.465 e. The Bertz CT molecular complexity index is 462. The van der Waals surface area contributed by atoms with Gasteiger partial charge < -0.3 is 4.74 Å². The summed E-state index contributed by atoms with van der Waals surface area (Å²) in [6.07, 6.45) is 3.02. The van der Waals surface area contributed by atoms with E-state index in [1.165, 1.54) is 13.2 Å². The second-order valence-electron chi connectivity index (χ2n) is 3.08. The van der Waals surface area contributed by atoms with Gasteiger partial charge in [-0.1, -0.05) is 12.1 Å². The lowest BCUT2D eigenvalue weighted by Gasteiger charge is -2.02. The van der Waals surface area contributed by atoms with Crippen LogP contribution in [0.1, 0.15) is 15.9 Å². The van der Waals surface area contributed by atoms with Crippen LogP contribution in [0.5, 0.6) is 0 Å². The fourth-order valence-corrected chi connectivity index (χ4v) is 1.85. The first-order valence-electron chi connectivity index (χ1n) is 4.15. The Kier molecular flexibility index (Phi) is 3.47. The Hall–Kier alpha value is -1.36. The minimum absolute atomic E-state index is 0.183. The third-order valence-electron chi connectivity index (χ3n) is 1.73. The van der Waals surface area contributed by atoms with Crippen molar-refractivity contribution in [2.45, 2.75) is 5.75 Å². The third kappa shape index (κ3) is 3.71. The van der Waals surface area contributed by atoms with Gasteiger partial charge in [0.1, 0.15) is 0 Å². The number of rotatable bonds is 3. The van der Waals surface area contributed by atoms with Crippen LogP contribution in [-0.2, 0) is 20.3 Å². The monoisotopic (exact) mass is 227 g/mol. The molecule has 0 N–H and O–H groups in total. The number of hydrogen-bond acceptors (Lipinski definition) is 4. The summed E-state index contributed by atoms with van der Waals surface area (Å²) in [5, 5.41) is 0. The molecule has 0 aliphatic carbocycles. The van der Waals surface area contributed by atoms with E-state index in [0.29, 0.717) is 11.1 Å². The summed E-state index contributed by atoms with van der Waals surface area (Å²) < 4.78 is 26.4. The average Bonchev–Trinajstić information content (AvgIpc) is 2.14. The zero-order valence-electron chi connectivity index (χ0n) is 8.26. The maximum atomic E-state index is 11.1. The third-order valence-corrected chi connectivity index (χ3v) is 2.51. The van der Waals surface area contributed by atoms with Gasteiger partial charge in [-0.2, -0.15) is 0 Å². The highest BCUT2D eigenvalue weighted by Gasteiger charge is 2.08. The molecule has 1 aromatic carbocycles. The summed E-state index contributed by atoms with van der Waals surface area (Å²) in [6.45, 7) is 0. The number of carbonyl (C=O) groups excluding carboxylic acids is 1. The predicted octanol–water partition coefficient (Wildman–Crippen LogP) is 1.18. The molecular formula is C10H11O4S. The van der Waals surface area contributed by atoms with Gasteiger partial charge in [0.05, 0.1) is 24.7 Å². The molecular weight excluding hydrogens is 216 g/mol. The Morgan fingerprint density at radius 1 is 1.47 bits per heavy atom. The number of benzene rings is 1. The molecule has 0 aliphatic rings. The standard InChI is InChI=1S/C10H11O4S/c1-14-10(11)9-5-3-4-8(6-9)7-15(2,12)13/h3-6H,2,7H2,1H3. The maximum Gasteiger partial charge on any atom is 0.337 e. The molecule has 0 aliphatic heterocycles. The number of sulfone groups is 1. The molecule has 0 bridgehead atoms. The van der Waals surface area contributed by atoms with Crippen molar-refractivity contribution in [3.8, 4) is 0 Å². The van der Waals surface area contributed by atoms with Gasteiger partial charge in [0.25, 0.3) is 0 Å². The molecule has 0 fully saturated rings. The molecule has 1 radical (unpaired) electrons. The molecule has 5 heteroatoms. The fourth-order valence-electron chi connectivity index (χ4n) is 1.16. The van der Waals surface area contributed by atoms with Gasteiger partial charge in [0, 0.05) is 0 Å². The molecule has 4 nitrogen and oxygen atoms in total. The Labute approximate surface area is 88.8 Å². The van der Waals surface area contributed by atoms with E-state index in [4.69, 9.17) is 0 Å². The molecule has 1 rings (SSSR count). The lowest BCUT2D eigenvalue weighted by Crippen LogP contribution is -2.03. The topological polar surface area (TPSA) is 60.4 Å². The van der Waals surface area contributed by atoms with E-state index in [2.05, 4.69) is 11.0 Å². The number of methoxy groups -OCH3 is 1. The molecule has 0 atom stereocenters. The number of hydrogen-bond donors (Lipinski definition) is 0. The van der Waals surface area contributed by atoms with Crippen LogP contribution in [0.25, 0.3) is 0 Å². The van der Waals surface area contributed by atoms with Gasteiger partial charge in [-0.15, -0.1) is 0 Å². The van der Waals surface area contributed by atoms with E-state index in [0.717, 1.165) is 0 Å². The van der Waals surface area contributed by atoms with E-state index in [1.807, 2.05) is 0 Å². The molecule has 0 spiro atoms. The van der Waals surface area contributed by atoms with Crippen molar-refractivity contribution in [2.75, 3.05) is 7.11 Å². The summed E-state index contributed by atoms with van der Waals surface area (Å²) in [5.74, 6) is -0.670. The van der Waals surface area contributed by atoms with Crippen molar-refractivity contribution in [1.82, 2.24) is 0 Å². The lowest BCUT2D eigenvalue weighted by molar-refractivity contribution is 0.0600. The van der Waals surface area contributed by atoms with Crippen molar-refractivity contribution >= 4 is 15.8 Å². The molecule has 0 saturated carbocycles. The molecule has 0 heterocycles. The minimum atomic E-state index is -3.33. The molecule has 0 unspecified atom stereocenters. The average molecular weight is 227 g/mol. The predicted molar refractivity (Wildman–Crippen MR) is 55.8 cm³/mol. The highest BCUT2D eigenvalue weighted by atomic mass is 32.2. The highest BCUT2D eigenvalue weighted by molar-refractivity contribution is 7.91. The lowest BCUT2D eigenvalue weighted by atomic mass is 10.1. The number of esters is 1. The van der Waals surface area contributed by atoms with E-state index in [9.17, 15) is 13.2 Å². The van der Waals surface area contributed by atoms with Gasteiger partial charge in [-0.3, -0.25) is 0 Å². The quantitative estimate of drug-likeness (QED) is 0.727. The van der Waals surface area contributed by atoms with Crippen molar-refractivity contribution < 1.29 is 17.9 Å². The molecule has 81 valence electrons. The first-order valence-corrected chi connectivity index (χ1v) is 5.97. The zero-order valence-corrected chi connectivity index (χ0v) is 9.08. The SMILES string of the molecule is [CH2]S(=O)(=O)Cc1cccc(C(=O)OC)c1. The fraction of sp³-hybridized carbons (Fsp3) is 0.200. The van der Waals surface area contributed by atoms with Crippen molar-refractivity contribution in [1.29, 1.82) is 0 Å². The van der Waals surface area contributed by atoms with Crippen molar-refractivity contribution in [3.63, 3.8) is 0 Å². The van der Waals surface area contributed by atoms with E-state index >= 15 is 0 Å². The summed E-state index contributed by atoms with van der Waals surface area (Å²) >= 11 is 0. The van der Waals surface area contributed by atoms with E-state index in [1.54, 1.807) is 18.2 Å². The molecule has 0 saturated heterocycles. The van der Waals surface area contributed by atoms with Crippen LogP contribution >= 0.6 is 0 Å². The summed E-state index contributed by atoms with van der Waals surface area (Å²) in [6, 6.07) is 6.27. The van der Waals surface area contributed by atoms with Crippen molar-refractivity contribution in [3.05, 3.63) is 41.6 Å². The van der Waals surface area contributed by atoms with E-state index < -0.39 is 15.8 Å². The molecule has 1 aromatic rings. The molecule has 0 aromatic heterocycles. The van der Waals surface area contributed by atoms with Gasteiger partial charge in [0.2, 0.25) is 0 Å². The smallest absolute Gasteiger partial charge is 0.337 e. The number of ether oxygens (including phenoxy) is 1. The van der Waals surface area contributed by atoms with Crippen LogP contribution < -0.4 is 0 Å². The molecule has 0 amide bonds. The molecule has 15 heavy (non-hydrogen) atoms. The van der Waals surface area contributed by atoms with Gasteiger partial charge in [-0.25, -0.2) is 13.2 Å². The zero-order chi connectivity index (χ0) is 11.5. The normalized spacial score (nSPS) is 11.1. The van der Waals surface area contributed by atoms with Crippen LogP contribution in [0, 0.1) is 6.26 Å². The maximum absolute atomic E-state index is 11.1. The van der Waals surface area contributed by atoms with E-state index in [-0.39, 0.29) is 5.75 Å². The summed E-state index contributed by atoms with van der Waals surface area (Å²) in [7, 11) is -2.06. The van der Waals surface area contributed by atoms with Gasteiger partial charge >= 0.3 is 5.97 Å². The second kappa shape index (κ2) is 4.44. The van der Waals surface area contributed by atoms with Crippen LogP contribution in [0.3, 0.4) is 0 Å². The van der Waals surface area contributed by atoms with Gasteiger partial charge in [0.15, 0.2) is 9.84 Å². The first kappa shape index (κ1) is 11.7. The second-order valence-corrected chi connectivity index (χ2v) is 4.86. The van der Waals surface area contributed by atoms with Gasteiger partial charge in [-0.05, 0) is 17.7 Å². The highest BCUT2D eigenvalue weighted by Crippen LogP contribution is 2.09. The Balaban J connectivity index is 2.98. The minimum Gasteiger partial charge on any atom is -0.465 e. The Morgan fingerprint density at radius 3 is 2.67 bits per heavy atom. The Morgan fingerprint density at radius 2 is 2.13 bits per heavy atom. The van der Waals surface area contributed by atoms with Crippen LogP contribution in [-0.4, -0.2) is 21.5 Å². The van der Waals surface area contributed by atoms with Crippen LogP contribution in [0.4, 0.5) is 0 Å². The van der Waals surface area contributed by atoms with Crippen LogP contribution in [0.15, 0.2) is 24.3 Å². The summed E-state index contributed by atoms with van der Waals surface area (Å²) in [5.41, 5.74) is 0.853.